The fourth-order valence-electron chi connectivity index (χ4n) is 3.04. The zero-order valence-electron chi connectivity index (χ0n) is 14.7. The van der Waals surface area contributed by atoms with E-state index >= 15 is 0 Å². The van der Waals surface area contributed by atoms with E-state index in [-0.39, 0.29) is 17.9 Å². The highest BCUT2D eigenvalue weighted by Gasteiger charge is 2.27. The van der Waals surface area contributed by atoms with Crippen LogP contribution in [0.2, 0.25) is 0 Å². The predicted molar refractivity (Wildman–Crippen MR) is 95.9 cm³/mol. The molecule has 8 nitrogen and oxygen atoms in total. The number of nitrogens with zero attached hydrogens (tertiary/aromatic N) is 6. The van der Waals surface area contributed by atoms with Gasteiger partial charge in [0, 0.05) is 19.0 Å². The van der Waals surface area contributed by atoms with Gasteiger partial charge in [-0.1, -0.05) is 30.3 Å². The van der Waals surface area contributed by atoms with Crippen molar-refractivity contribution in [1.82, 2.24) is 30.0 Å². The number of hydrogen-bond acceptors (Lipinski definition) is 7. The highest BCUT2D eigenvalue weighted by molar-refractivity contribution is 7.12. The number of carbonyl (C=O) groups excluding carboxylic acids is 1. The average molecular weight is 372 g/mol. The van der Waals surface area contributed by atoms with E-state index in [4.69, 9.17) is 4.52 Å². The van der Waals surface area contributed by atoms with Crippen molar-refractivity contribution in [3.05, 3.63) is 34.4 Å². The lowest BCUT2D eigenvalue weighted by atomic mass is 10.1. The molecule has 26 heavy (non-hydrogen) atoms. The smallest absolute Gasteiger partial charge is 0.280 e. The Morgan fingerprint density at radius 3 is 3.04 bits per heavy atom. The van der Waals surface area contributed by atoms with Crippen molar-refractivity contribution in [3.63, 3.8) is 0 Å². The van der Waals surface area contributed by atoms with Crippen molar-refractivity contribution in [2.24, 2.45) is 0 Å². The van der Waals surface area contributed by atoms with Crippen LogP contribution in [0.25, 0.3) is 11.6 Å². The van der Waals surface area contributed by atoms with Crippen molar-refractivity contribution in [2.45, 2.75) is 38.6 Å². The van der Waals surface area contributed by atoms with Crippen molar-refractivity contribution in [2.75, 3.05) is 13.1 Å². The van der Waals surface area contributed by atoms with E-state index in [2.05, 4.69) is 20.5 Å². The maximum Gasteiger partial charge on any atom is 0.280 e. The third-order valence-corrected chi connectivity index (χ3v) is 5.34. The molecule has 0 N–H and O–H groups in total. The molecule has 0 bridgehead atoms. The molecule has 1 atom stereocenters. The zero-order chi connectivity index (χ0) is 18.1. The Bertz CT molecular complexity index is 885. The van der Waals surface area contributed by atoms with Gasteiger partial charge in [0.25, 0.3) is 11.8 Å². The summed E-state index contributed by atoms with van der Waals surface area (Å²) >= 11 is 1.47. The largest absolute Gasteiger partial charge is 0.336 e. The second-order valence-electron chi connectivity index (χ2n) is 6.72. The van der Waals surface area contributed by atoms with Gasteiger partial charge in [-0.15, -0.1) is 16.4 Å². The van der Waals surface area contributed by atoms with Crippen LogP contribution in [0.1, 0.15) is 54.1 Å². The van der Waals surface area contributed by atoms with E-state index in [0.717, 1.165) is 24.3 Å². The Kier molecular flexibility index (Phi) is 4.54. The molecule has 136 valence electrons. The van der Waals surface area contributed by atoms with Crippen molar-refractivity contribution >= 4 is 17.2 Å². The van der Waals surface area contributed by atoms with Crippen LogP contribution < -0.4 is 0 Å². The van der Waals surface area contributed by atoms with E-state index in [1.54, 1.807) is 0 Å². The zero-order valence-corrected chi connectivity index (χ0v) is 15.5. The van der Waals surface area contributed by atoms with Gasteiger partial charge in [-0.25, -0.2) is 4.68 Å². The molecule has 1 fully saturated rings. The van der Waals surface area contributed by atoms with Crippen LogP contribution in [0.3, 0.4) is 0 Å². The molecule has 1 amide bonds. The van der Waals surface area contributed by atoms with Crippen molar-refractivity contribution in [3.8, 4) is 11.6 Å². The number of carbonyl (C=O) groups is 1. The third kappa shape index (κ3) is 3.26. The first-order chi connectivity index (χ1) is 12.6. The van der Waals surface area contributed by atoms with Gasteiger partial charge < -0.3 is 9.42 Å². The van der Waals surface area contributed by atoms with Crippen LogP contribution in [0, 0.1) is 0 Å². The molecule has 1 saturated heterocycles. The number of amides is 1. The topological polar surface area (TPSA) is 89.9 Å². The number of thiophene rings is 1. The summed E-state index contributed by atoms with van der Waals surface area (Å²) < 4.78 is 7.09. The number of hydrogen-bond donors (Lipinski definition) is 0. The van der Waals surface area contributed by atoms with Gasteiger partial charge in [0.1, 0.15) is 0 Å². The summed E-state index contributed by atoms with van der Waals surface area (Å²) in [5.74, 6) is 1.31. The van der Waals surface area contributed by atoms with E-state index in [0.29, 0.717) is 24.0 Å². The Morgan fingerprint density at radius 2 is 2.31 bits per heavy atom. The Morgan fingerprint density at radius 1 is 1.42 bits per heavy atom. The van der Waals surface area contributed by atoms with Gasteiger partial charge in [0.05, 0.1) is 17.1 Å². The van der Waals surface area contributed by atoms with E-state index in [1.165, 1.54) is 11.3 Å². The first kappa shape index (κ1) is 16.9. The van der Waals surface area contributed by atoms with Crippen molar-refractivity contribution < 1.29 is 9.32 Å². The lowest BCUT2D eigenvalue weighted by Gasteiger charge is -2.32. The molecule has 0 aliphatic carbocycles. The average Bonchev–Trinajstić information content (AvgIpc) is 3.42. The highest BCUT2D eigenvalue weighted by atomic mass is 32.1. The van der Waals surface area contributed by atoms with Crippen molar-refractivity contribution in [1.29, 1.82) is 0 Å². The van der Waals surface area contributed by atoms with E-state index < -0.39 is 0 Å². The number of likely N-dealkylation sites (tertiary alicyclic amines) is 1. The Balaban J connectivity index is 1.49. The molecule has 4 rings (SSSR count). The maximum absolute atomic E-state index is 12.6. The molecule has 0 saturated carbocycles. The quantitative estimate of drug-likeness (QED) is 0.699. The molecule has 4 heterocycles. The molecular formula is C17H20N6O2S. The van der Waals surface area contributed by atoms with Crippen LogP contribution in [-0.2, 0) is 0 Å². The number of piperidine rings is 1. The summed E-state index contributed by atoms with van der Waals surface area (Å²) in [5, 5.41) is 14.3. The molecule has 0 radical (unpaired) electrons. The van der Waals surface area contributed by atoms with Crippen LogP contribution in [0.5, 0.6) is 0 Å². The fourth-order valence-corrected chi connectivity index (χ4v) is 3.73. The molecule has 0 spiro atoms. The van der Waals surface area contributed by atoms with Gasteiger partial charge in [-0.3, -0.25) is 4.79 Å². The molecule has 9 heteroatoms. The first-order valence-electron chi connectivity index (χ1n) is 8.70. The second-order valence-corrected chi connectivity index (χ2v) is 7.67. The third-order valence-electron chi connectivity index (χ3n) is 4.48. The summed E-state index contributed by atoms with van der Waals surface area (Å²) in [7, 11) is 0. The molecule has 1 aliphatic heterocycles. The normalized spacial score (nSPS) is 17.8. The predicted octanol–water partition coefficient (Wildman–Crippen LogP) is 2.99. The summed E-state index contributed by atoms with van der Waals surface area (Å²) in [6.45, 7) is 5.41. The molecule has 3 aromatic rings. The summed E-state index contributed by atoms with van der Waals surface area (Å²) in [4.78, 5) is 19.6. The first-order valence-corrected chi connectivity index (χ1v) is 9.58. The van der Waals surface area contributed by atoms with Gasteiger partial charge in [0.15, 0.2) is 11.5 Å². The van der Waals surface area contributed by atoms with Gasteiger partial charge in [0.2, 0.25) is 0 Å². The maximum atomic E-state index is 12.6. The monoisotopic (exact) mass is 372 g/mol. The van der Waals surface area contributed by atoms with Crippen LogP contribution in [-0.4, -0.2) is 49.0 Å². The van der Waals surface area contributed by atoms with Crippen LogP contribution in [0.15, 0.2) is 28.2 Å². The Labute approximate surface area is 154 Å². The highest BCUT2D eigenvalue weighted by Crippen LogP contribution is 2.25. The fraction of sp³-hybridized carbons (Fsp3) is 0.471. The molecule has 0 aromatic carbocycles. The summed E-state index contributed by atoms with van der Waals surface area (Å²) in [6.07, 6.45) is 3.72. The van der Waals surface area contributed by atoms with Crippen LogP contribution in [0.4, 0.5) is 0 Å². The van der Waals surface area contributed by atoms with E-state index in [9.17, 15) is 4.79 Å². The number of aromatic nitrogens is 5. The second kappa shape index (κ2) is 6.99. The standard InChI is InChI=1S/C17H20N6O2S/c1-11(2)15-18-16(25-20-15)13-10-23(21-19-13)12-5-3-7-22(9-12)17(24)14-6-4-8-26-14/h4,6,8,10-12H,3,5,7,9H2,1-2H3. The van der Waals surface area contributed by atoms with Gasteiger partial charge in [-0.2, -0.15) is 4.98 Å². The molecule has 1 unspecified atom stereocenters. The lowest BCUT2D eigenvalue weighted by Crippen LogP contribution is -2.40. The lowest BCUT2D eigenvalue weighted by molar-refractivity contribution is 0.0677. The summed E-state index contributed by atoms with van der Waals surface area (Å²) in [6, 6.07) is 3.87. The number of rotatable bonds is 4. The van der Waals surface area contributed by atoms with E-state index in [1.807, 2.05) is 47.1 Å². The summed E-state index contributed by atoms with van der Waals surface area (Å²) in [5.41, 5.74) is 0.561. The SMILES string of the molecule is CC(C)c1noc(-c2cn(C3CCCN(C(=O)c4cccs4)C3)nn2)n1. The molecular weight excluding hydrogens is 352 g/mol. The van der Waals surface area contributed by atoms with Gasteiger partial charge >= 0.3 is 0 Å². The molecule has 1 aliphatic rings. The molecule has 3 aromatic heterocycles. The van der Waals surface area contributed by atoms with Gasteiger partial charge in [-0.05, 0) is 24.3 Å². The van der Waals surface area contributed by atoms with Crippen LogP contribution >= 0.6 is 11.3 Å². The minimum atomic E-state index is 0.0866. The minimum absolute atomic E-state index is 0.0866. The Hall–Kier alpha value is -2.55. The minimum Gasteiger partial charge on any atom is -0.336 e.